The van der Waals surface area contributed by atoms with Gasteiger partial charge in [0.2, 0.25) is 0 Å². The summed E-state index contributed by atoms with van der Waals surface area (Å²) in [5.41, 5.74) is 0.668. The topological polar surface area (TPSA) is 29.5 Å². The Morgan fingerprint density at radius 2 is 2.24 bits per heavy atom. The first kappa shape index (κ1) is 12.7. The fourth-order valence-corrected chi connectivity index (χ4v) is 2.23. The molecule has 4 heteroatoms. The number of ether oxygens (including phenoxy) is 1. The lowest BCUT2D eigenvalue weighted by molar-refractivity contribution is 0.0781. The summed E-state index contributed by atoms with van der Waals surface area (Å²) in [7, 11) is 1.87. The van der Waals surface area contributed by atoms with Gasteiger partial charge in [-0.2, -0.15) is 0 Å². The summed E-state index contributed by atoms with van der Waals surface area (Å²) in [5.74, 6) is 0.754. The highest BCUT2D eigenvalue weighted by atomic mass is 127. The number of rotatable bonds is 4. The van der Waals surface area contributed by atoms with Crippen LogP contribution in [-0.4, -0.2) is 30.5 Å². The van der Waals surface area contributed by atoms with Gasteiger partial charge in [-0.05, 0) is 60.6 Å². The van der Waals surface area contributed by atoms with Gasteiger partial charge in [0.05, 0.1) is 12.2 Å². The van der Waals surface area contributed by atoms with Crippen LogP contribution in [0.2, 0.25) is 0 Å². The summed E-state index contributed by atoms with van der Waals surface area (Å²) < 4.78 is 6.62. The number of hydrogen-bond donors (Lipinski definition) is 0. The van der Waals surface area contributed by atoms with Crippen molar-refractivity contribution in [3.8, 4) is 5.75 Å². The number of nitrogens with zero attached hydrogens (tertiary/aromatic N) is 1. The zero-order valence-corrected chi connectivity index (χ0v) is 12.2. The SMILES string of the molecule is CCOc1cc(I)ccc1C(=O)N(C)C1CC1. The van der Waals surface area contributed by atoms with Crippen LogP contribution in [0.25, 0.3) is 0 Å². The standard InChI is InChI=1S/C13H16INO2/c1-3-17-12-8-9(14)4-7-11(12)13(16)15(2)10-5-6-10/h4,7-8,10H,3,5-6H2,1-2H3. The van der Waals surface area contributed by atoms with Crippen molar-refractivity contribution in [2.45, 2.75) is 25.8 Å². The van der Waals surface area contributed by atoms with Gasteiger partial charge in [-0.15, -0.1) is 0 Å². The van der Waals surface area contributed by atoms with E-state index in [9.17, 15) is 4.79 Å². The summed E-state index contributed by atoms with van der Waals surface area (Å²) in [6.45, 7) is 2.51. The molecule has 0 radical (unpaired) electrons. The normalized spacial score (nSPS) is 14.5. The van der Waals surface area contributed by atoms with Crippen molar-refractivity contribution in [3.05, 3.63) is 27.3 Å². The summed E-state index contributed by atoms with van der Waals surface area (Å²) in [6.07, 6.45) is 2.24. The average Bonchev–Trinajstić information content (AvgIpc) is 3.12. The lowest BCUT2D eigenvalue weighted by atomic mass is 10.1. The Bertz CT molecular complexity index is 429. The molecule has 92 valence electrons. The average molecular weight is 345 g/mol. The van der Waals surface area contributed by atoms with Gasteiger partial charge in [0.15, 0.2) is 0 Å². The number of carbonyl (C=O) groups is 1. The molecule has 1 aromatic carbocycles. The Morgan fingerprint density at radius 1 is 1.53 bits per heavy atom. The van der Waals surface area contributed by atoms with E-state index < -0.39 is 0 Å². The molecule has 0 saturated heterocycles. The zero-order valence-electron chi connectivity index (χ0n) is 10.1. The minimum atomic E-state index is 0.0624. The van der Waals surface area contributed by atoms with E-state index in [-0.39, 0.29) is 5.91 Å². The highest BCUT2D eigenvalue weighted by Gasteiger charge is 2.31. The molecule has 0 aromatic heterocycles. The highest BCUT2D eigenvalue weighted by molar-refractivity contribution is 14.1. The second-order valence-corrected chi connectivity index (χ2v) is 5.47. The molecular formula is C13H16INO2. The summed E-state index contributed by atoms with van der Waals surface area (Å²) in [4.78, 5) is 14.1. The van der Waals surface area contributed by atoms with E-state index in [1.165, 1.54) is 0 Å². The molecule has 1 aromatic rings. The second-order valence-electron chi connectivity index (χ2n) is 4.22. The van der Waals surface area contributed by atoms with Crippen LogP contribution in [0.4, 0.5) is 0 Å². The molecule has 1 aliphatic rings. The molecule has 1 saturated carbocycles. The number of hydrogen-bond acceptors (Lipinski definition) is 2. The van der Waals surface area contributed by atoms with Gasteiger partial charge < -0.3 is 9.64 Å². The first-order valence-electron chi connectivity index (χ1n) is 5.83. The predicted octanol–water partition coefficient (Wildman–Crippen LogP) is 2.92. The molecule has 0 spiro atoms. The third kappa shape index (κ3) is 2.91. The first-order chi connectivity index (χ1) is 8.13. The second kappa shape index (κ2) is 5.25. The maximum atomic E-state index is 12.3. The Kier molecular flexibility index (Phi) is 3.91. The minimum Gasteiger partial charge on any atom is -0.493 e. The van der Waals surface area contributed by atoms with E-state index in [2.05, 4.69) is 22.6 Å². The van der Waals surface area contributed by atoms with Crippen LogP contribution >= 0.6 is 22.6 Å². The maximum Gasteiger partial charge on any atom is 0.257 e. The van der Waals surface area contributed by atoms with E-state index in [1.54, 1.807) is 0 Å². The largest absolute Gasteiger partial charge is 0.493 e. The third-order valence-corrected chi connectivity index (χ3v) is 3.56. The molecule has 1 fully saturated rings. The highest BCUT2D eigenvalue weighted by Crippen LogP contribution is 2.29. The number of benzene rings is 1. The van der Waals surface area contributed by atoms with E-state index in [1.807, 2.05) is 37.1 Å². The molecule has 1 amide bonds. The van der Waals surface area contributed by atoms with E-state index in [4.69, 9.17) is 4.74 Å². The maximum absolute atomic E-state index is 12.3. The van der Waals surface area contributed by atoms with Crippen molar-refractivity contribution in [2.24, 2.45) is 0 Å². The number of carbonyl (C=O) groups excluding carboxylic acids is 1. The van der Waals surface area contributed by atoms with Crippen LogP contribution in [0.1, 0.15) is 30.1 Å². The first-order valence-corrected chi connectivity index (χ1v) is 6.91. The van der Waals surface area contributed by atoms with Gasteiger partial charge in [0.1, 0.15) is 5.75 Å². The summed E-state index contributed by atoms with van der Waals surface area (Å²) >= 11 is 2.22. The molecule has 2 rings (SSSR count). The summed E-state index contributed by atoms with van der Waals surface area (Å²) in [5, 5.41) is 0. The molecule has 0 unspecified atom stereocenters. The Labute approximate surface area is 115 Å². The Hall–Kier alpha value is -0.780. The molecule has 1 aliphatic carbocycles. The van der Waals surface area contributed by atoms with Crippen molar-refractivity contribution >= 4 is 28.5 Å². The molecular weight excluding hydrogens is 329 g/mol. The van der Waals surface area contributed by atoms with Gasteiger partial charge in [-0.3, -0.25) is 4.79 Å². The predicted molar refractivity (Wildman–Crippen MR) is 75.4 cm³/mol. The Balaban J connectivity index is 2.26. The van der Waals surface area contributed by atoms with Gasteiger partial charge in [0.25, 0.3) is 5.91 Å². The number of amides is 1. The lowest BCUT2D eigenvalue weighted by Crippen LogP contribution is -2.29. The van der Waals surface area contributed by atoms with E-state index in [0.29, 0.717) is 24.0 Å². The van der Waals surface area contributed by atoms with Crippen molar-refractivity contribution in [3.63, 3.8) is 0 Å². The van der Waals surface area contributed by atoms with Crippen LogP contribution < -0.4 is 4.74 Å². The Morgan fingerprint density at radius 3 is 2.82 bits per heavy atom. The van der Waals surface area contributed by atoms with Crippen molar-refractivity contribution in [2.75, 3.05) is 13.7 Å². The molecule has 0 aliphatic heterocycles. The van der Waals surface area contributed by atoms with Crippen molar-refractivity contribution < 1.29 is 9.53 Å². The molecule has 0 N–H and O–H groups in total. The zero-order chi connectivity index (χ0) is 12.4. The van der Waals surface area contributed by atoms with E-state index >= 15 is 0 Å². The van der Waals surface area contributed by atoms with Crippen LogP contribution in [0.3, 0.4) is 0 Å². The fraction of sp³-hybridized carbons (Fsp3) is 0.462. The van der Waals surface area contributed by atoms with E-state index in [0.717, 1.165) is 16.4 Å². The molecule has 0 atom stereocenters. The lowest BCUT2D eigenvalue weighted by Gasteiger charge is -2.18. The van der Waals surface area contributed by atoms with Gasteiger partial charge in [-0.25, -0.2) is 0 Å². The van der Waals surface area contributed by atoms with Crippen molar-refractivity contribution in [1.29, 1.82) is 0 Å². The van der Waals surface area contributed by atoms with Crippen LogP contribution in [0.5, 0.6) is 5.75 Å². The molecule has 3 nitrogen and oxygen atoms in total. The molecule has 17 heavy (non-hydrogen) atoms. The molecule has 0 bridgehead atoms. The third-order valence-electron chi connectivity index (χ3n) is 2.89. The van der Waals surface area contributed by atoms with Gasteiger partial charge >= 0.3 is 0 Å². The fourth-order valence-electron chi connectivity index (χ4n) is 1.77. The quantitative estimate of drug-likeness (QED) is 0.786. The minimum absolute atomic E-state index is 0.0624. The van der Waals surface area contributed by atoms with Crippen molar-refractivity contribution in [1.82, 2.24) is 4.90 Å². The molecule has 0 heterocycles. The van der Waals surface area contributed by atoms with Crippen LogP contribution in [0.15, 0.2) is 18.2 Å². The monoisotopic (exact) mass is 345 g/mol. The van der Waals surface area contributed by atoms with Crippen LogP contribution in [0, 0.1) is 3.57 Å². The smallest absolute Gasteiger partial charge is 0.257 e. The van der Waals surface area contributed by atoms with Gasteiger partial charge in [-0.1, -0.05) is 0 Å². The summed E-state index contributed by atoms with van der Waals surface area (Å²) in [6, 6.07) is 6.14. The number of halogens is 1. The van der Waals surface area contributed by atoms with Crippen LogP contribution in [-0.2, 0) is 0 Å². The van der Waals surface area contributed by atoms with Gasteiger partial charge in [0, 0.05) is 16.7 Å².